The maximum atomic E-state index is 10.8. The minimum absolute atomic E-state index is 0.518. The predicted octanol–water partition coefficient (Wildman–Crippen LogP) is 1.24. The molecule has 0 bridgehead atoms. The molecule has 13 heavy (non-hydrogen) atoms. The third kappa shape index (κ3) is 2.29. The summed E-state index contributed by atoms with van der Waals surface area (Å²) in [5.41, 5.74) is 12.5. The lowest BCUT2D eigenvalue weighted by atomic mass is 10.1. The summed E-state index contributed by atoms with van der Waals surface area (Å²) in [6, 6.07) is 4.78. The highest BCUT2D eigenvalue weighted by molar-refractivity contribution is 9.10. The van der Waals surface area contributed by atoms with Gasteiger partial charge in [0.25, 0.3) is 0 Å². The molecule has 1 amide bonds. The van der Waals surface area contributed by atoms with Crippen LogP contribution in [-0.4, -0.2) is 5.91 Å². The number of halogens is 1. The van der Waals surface area contributed by atoms with Crippen molar-refractivity contribution in [1.29, 1.82) is 0 Å². The maximum absolute atomic E-state index is 10.8. The lowest BCUT2D eigenvalue weighted by molar-refractivity contribution is -0.119. The molecule has 1 unspecified atom stereocenters. The molecule has 0 heterocycles. The van der Waals surface area contributed by atoms with Crippen molar-refractivity contribution in [3.05, 3.63) is 33.8 Å². The van der Waals surface area contributed by atoms with Crippen LogP contribution >= 0.6 is 15.9 Å². The van der Waals surface area contributed by atoms with Gasteiger partial charge in [0.05, 0.1) is 0 Å². The Labute approximate surface area is 85.2 Å². The molecule has 0 saturated carbocycles. The third-order valence-corrected chi connectivity index (χ3v) is 2.72. The molecule has 0 aliphatic heterocycles. The van der Waals surface area contributed by atoms with Crippen molar-refractivity contribution in [2.45, 2.75) is 13.0 Å². The van der Waals surface area contributed by atoms with Crippen LogP contribution in [0.3, 0.4) is 0 Å². The van der Waals surface area contributed by atoms with E-state index in [1.807, 2.05) is 19.1 Å². The van der Waals surface area contributed by atoms with E-state index in [2.05, 4.69) is 15.9 Å². The summed E-state index contributed by atoms with van der Waals surface area (Å²) < 4.78 is 0.932. The molecule has 1 atom stereocenters. The number of hydrogen-bond acceptors (Lipinski definition) is 2. The Balaban J connectivity index is 3.03. The fraction of sp³-hybridized carbons (Fsp3) is 0.222. The second-order valence-corrected chi connectivity index (χ2v) is 3.74. The summed E-state index contributed by atoms with van der Waals surface area (Å²) in [5, 5.41) is 0. The zero-order valence-electron chi connectivity index (χ0n) is 7.25. The van der Waals surface area contributed by atoms with Crippen molar-refractivity contribution in [1.82, 2.24) is 0 Å². The number of benzene rings is 1. The van der Waals surface area contributed by atoms with E-state index >= 15 is 0 Å². The molecule has 70 valence electrons. The molecule has 0 saturated heterocycles. The second-order valence-electron chi connectivity index (χ2n) is 2.89. The van der Waals surface area contributed by atoms with Gasteiger partial charge in [0.15, 0.2) is 0 Å². The van der Waals surface area contributed by atoms with Crippen molar-refractivity contribution in [3.63, 3.8) is 0 Å². The Morgan fingerprint density at radius 2 is 2.15 bits per heavy atom. The van der Waals surface area contributed by atoms with Gasteiger partial charge < -0.3 is 11.5 Å². The Morgan fingerprint density at radius 3 is 2.62 bits per heavy atom. The molecular weight excluding hydrogens is 232 g/mol. The van der Waals surface area contributed by atoms with Crippen molar-refractivity contribution in [2.75, 3.05) is 0 Å². The van der Waals surface area contributed by atoms with Crippen LogP contribution in [-0.2, 0) is 4.79 Å². The predicted molar refractivity (Wildman–Crippen MR) is 55.0 cm³/mol. The molecule has 0 radical (unpaired) electrons. The van der Waals surface area contributed by atoms with Crippen LogP contribution in [0.1, 0.15) is 17.2 Å². The Bertz CT molecular complexity index is 338. The van der Waals surface area contributed by atoms with Gasteiger partial charge in [0.1, 0.15) is 6.04 Å². The minimum Gasteiger partial charge on any atom is -0.368 e. The first-order valence-electron chi connectivity index (χ1n) is 3.83. The van der Waals surface area contributed by atoms with Gasteiger partial charge in [0, 0.05) is 4.47 Å². The van der Waals surface area contributed by atoms with Gasteiger partial charge in [-0.1, -0.05) is 28.1 Å². The zero-order valence-corrected chi connectivity index (χ0v) is 8.84. The fourth-order valence-electron chi connectivity index (χ4n) is 0.967. The number of rotatable bonds is 2. The average molecular weight is 243 g/mol. The highest BCUT2D eigenvalue weighted by Crippen LogP contribution is 2.20. The Kier molecular flexibility index (Phi) is 3.06. The monoisotopic (exact) mass is 242 g/mol. The molecule has 0 spiro atoms. The van der Waals surface area contributed by atoms with Crippen molar-refractivity contribution >= 4 is 21.8 Å². The first kappa shape index (κ1) is 10.2. The van der Waals surface area contributed by atoms with Crippen LogP contribution in [0.25, 0.3) is 0 Å². The Morgan fingerprint density at radius 1 is 1.54 bits per heavy atom. The molecule has 0 aromatic heterocycles. The van der Waals surface area contributed by atoms with Gasteiger partial charge in [-0.3, -0.25) is 4.79 Å². The molecule has 4 N–H and O–H groups in total. The standard InChI is InChI=1S/C9H11BrN2O/c1-5-2-3-6(4-7(5)10)8(11)9(12)13/h2-4,8H,11H2,1H3,(H2,12,13). The maximum Gasteiger partial charge on any atom is 0.238 e. The van der Waals surface area contributed by atoms with Gasteiger partial charge >= 0.3 is 0 Å². The highest BCUT2D eigenvalue weighted by Gasteiger charge is 2.12. The van der Waals surface area contributed by atoms with Crippen molar-refractivity contribution in [3.8, 4) is 0 Å². The molecule has 1 aromatic carbocycles. The van der Waals surface area contributed by atoms with Gasteiger partial charge in [-0.25, -0.2) is 0 Å². The summed E-state index contributed by atoms with van der Waals surface area (Å²) in [6.45, 7) is 1.96. The van der Waals surface area contributed by atoms with Crippen LogP contribution < -0.4 is 11.5 Å². The molecule has 0 aliphatic carbocycles. The van der Waals surface area contributed by atoms with Gasteiger partial charge in [0.2, 0.25) is 5.91 Å². The van der Waals surface area contributed by atoms with Crippen molar-refractivity contribution < 1.29 is 4.79 Å². The number of aryl methyl sites for hydroxylation is 1. The number of carbonyl (C=O) groups excluding carboxylic acids is 1. The van der Waals surface area contributed by atoms with Crippen LogP contribution in [0, 0.1) is 6.92 Å². The zero-order chi connectivity index (χ0) is 10.0. The number of carbonyl (C=O) groups is 1. The highest BCUT2D eigenvalue weighted by atomic mass is 79.9. The number of hydrogen-bond donors (Lipinski definition) is 2. The first-order valence-corrected chi connectivity index (χ1v) is 4.62. The van der Waals surface area contributed by atoms with Crippen LogP contribution in [0.2, 0.25) is 0 Å². The molecule has 0 aliphatic rings. The molecule has 1 aromatic rings. The molecule has 3 nitrogen and oxygen atoms in total. The fourth-order valence-corrected chi connectivity index (χ4v) is 1.36. The average Bonchev–Trinajstić information content (AvgIpc) is 2.08. The molecule has 4 heteroatoms. The topological polar surface area (TPSA) is 69.1 Å². The van der Waals surface area contributed by atoms with E-state index in [-0.39, 0.29) is 0 Å². The first-order chi connectivity index (χ1) is 6.02. The summed E-state index contributed by atoms with van der Waals surface area (Å²) >= 11 is 3.36. The SMILES string of the molecule is Cc1ccc(C(N)C(N)=O)cc1Br. The van der Waals surface area contributed by atoms with E-state index < -0.39 is 11.9 Å². The Hall–Kier alpha value is -0.870. The quantitative estimate of drug-likeness (QED) is 0.820. The van der Waals surface area contributed by atoms with Crippen LogP contribution in [0.4, 0.5) is 0 Å². The van der Waals surface area contributed by atoms with Gasteiger partial charge in [-0.15, -0.1) is 0 Å². The molecule has 0 fully saturated rings. The lowest BCUT2D eigenvalue weighted by Crippen LogP contribution is -2.28. The number of nitrogens with two attached hydrogens (primary N) is 2. The number of amides is 1. The lowest BCUT2D eigenvalue weighted by Gasteiger charge is -2.08. The van der Waals surface area contributed by atoms with Gasteiger partial charge in [-0.2, -0.15) is 0 Å². The number of primary amides is 1. The van der Waals surface area contributed by atoms with E-state index in [1.54, 1.807) is 6.07 Å². The summed E-state index contributed by atoms with van der Waals surface area (Å²) in [7, 11) is 0. The largest absolute Gasteiger partial charge is 0.368 e. The van der Waals surface area contributed by atoms with E-state index in [4.69, 9.17) is 11.5 Å². The molecule has 1 rings (SSSR count). The minimum atomic E-state index is -0.725. The van der Waals surface area contributed by atoms with E-state index in [1.165, 1.54) is 0 Å². The van der Waals surface area contributed by atoms with Crippen molar-refractivity contribution in [2.24, 2.45) is 11.5 Å². The van der Waals surface area contributed by atoms with E-state index in [9.17, 15) is 4.79 Å². The van der Waals surface area contributed by atoms with E-state index in [0.717, 1.165) is 15.6 Å². The van der Waals surface area contributed by atoms with Crippen LogP contribution in [0.15, 0.2) is 22.7 Å². The summed E-state index contributed by atoms with van der Waals surface area (Å²) in [6.07, 6.45) is 0. The van der Waals surface area contributed by atoms with Crippen LogP contribution in [0.5, 0.6) is 0 Å². The summed E-state index contributed by atoms with van der Waals surface area (Å²) in [5.74, 6) is -0.518. The normalized spacial score (nSPS) is 12.5. The molecular formula is C9H11BrN2O. The van der Waals surface area contributed by atoms with Gasteiger partial charge in [-0.05, 0) is 24.1 Å². The smallest absolute Gasteiger partial charge is 0.238 e. The second kappa shape index (κ2) is 3.89. The third-order valence-electron chi connectivity index (χ3n) is 1.86. The summed E-state index contributed by atoms with van der Waals surface area (Å²) in [4.78, 5) is 10.8. The van der Waals surface area contributed by atoms with E-state index in [0.29, 0.717) is 0 Å².